The summed E-state index contributed by atoms with van der Waals surface area (Å²) in [5.41, 5.74) is 0. The molecule has 1 heterocycles. The number of aromatic nitrogens is 2. The summed E-state index contributed by atoms with van der Waals surface area (Å²) < 4.78 is 10.00. The molecule has 0 saturated carbocycles. The molecule has 6 heteroatoms. The van der Waals surface area contributed by atoms with Crippen molar-refractivity contribution in [2.45, 2.75) is 26.9 Å². The van der Waals surface area contributed by atoms with Crippen molar-refractivity contribution in [3.63, 3.8) is 0 Å². The lowest BCUT2D eigenvalue weighted by molar-refractivity contribution is 0.130. The lowest BCUT2D eigenvalue weighted by atomic mass is 10.5. The zero-order valence-corrected chi connectivity index (χ0v) is 9.56. The summed E-state index contributed by atoms with van der Waals surface area (Å²) in [6, 6.07) is 0. The Balaban J connectivity index is 2.51. The molecule has 1 rings (SSSR count). The topological polar surface area (TPSA) is 73.3 Å². The third kappa shape index (κ3) is 4.12. The second kappa shape index (κ2) is 5.89. The van der Waals surface area contributed by atoms with Crippen LogP contribution in [0.1, 0.15) is 20.8 Å². The van der Waals surface area contributed by atoms with Crippen LogP contribution in [0.3, 0.4) is 0 Å². The van der Waals surface area contributed by atoms with E-state index < -0.39 is 6.09 Å². The number of rotatable bonds is 4. The Morgan fingerprint density at radius 2 is 2.19 bits per heavy atom. The molecule has 1 amide bonds. The van der Waals surface area contributed by atoms with Crippen LogP contribution < -0.4 is 10.1 Å². The maximum absolute atomic E-state index is 11.2. The monoisotopic (exact) mass is 225 g/mol. The summed E-state index contributed by atoms with van der Waals surface area (Å²) in [6.45, 7) is 5.91. The van der Waals surface area contributed by atoms with Gasteiger partial charge in [0.25, 0.3) is 0 Å². The molecule has 6 nitrogen and oxygen atoms in total. The van der Waals surface area contributed by atoms with Crippen molar-refractivity contribution in [1.82, 2.24) is 9.97 Å². The highest BCUT2D eigenvalue weighted by atomic mass is 16.6. The van der Waals surface area contributed by atoms with Gasteiger partial charge >= 0.3 is 6.09 Å². The maximum Gasteiger partial charge on any atom is 0.413 e. The summed E-state index contributed by atoms with van der Waals surface area (Å²) >= 11 is 0. The van der Waals surface area contributed by atoms with Crippen LogP contribution in [0.15, 0.2) is 12.4 Å². The zero-order valence-electron chi connectivity index (χ0n) is 9.56. The van der Waals surface area contributed by atoms with E-state index >= 15 is 0 Å². The first kappa shape index (κ1) is 12.2. The maximum atomic E-state index is 11.2. The van der Waals surface area contributed by atoms with Gasteiger partial charge in [-0.25, -0.2) is 14.8 Å². The molecule has 0 atom stereocenters. The third-order valence-electron chi connectivity index (χ3n) is 1.49. The number of hydrogen-bond acceptors (Lipinski definition) is 5. The number of hydrogen-bond donors (Lipinski definition) is 1. The molecule has 1 aromatic heterocycles. The van der Waals surface area contributed by atoms with E-state index in [-0.39, 0.29) is 6.10 Å². The number of nitrogens with zero attached hydrogens (tertiary/aromatic N) is 2. The standard InChI is InChI=1S/C10H15N3O3/c1-4-15-9-6-11-8(5-12-9)13-10(14)16-7(2)3/h5-7H,4H2,1-3H3,(H,11,13,14). The van der Waals surface area contributed by atoms with Gasteiger partial charge in [0.2, 0.25) is 5.88 Å². The van der Waals surface area contributed by atoms with Gasteiger partial charge in [0.1, 0.15) is 0 Å². The summed E-state index contributed by atoms with van der Waals surface area (Å²) in [4.78, 5) is 19.1. The van der Waals surface area contributed by atoms with Gasteiger partial charge in [0.15, 0.2) is 5.82 Å². The lowest BCUT2D eigenvalue weighted by Crippen LogP contribution is -2.18. The van der Waals surface area contributed by atoms with E-state index in [9.17, 15) is 4.79 Å². The van der Waals surface area contributed by atoms with Crippen LogP contribution >= 0.6 is 0 Å². The van der Waals surface area contributed by atoms with Crippen LogP contribution in [0.5, 0.6) is 5.88 Å². The van der Waals surface area contributed by atoms with Gasteiger partial charge in [-0.15, -0.1) is 0 Å². The molecule has 0 aromatic carbocycles. The van der Waals surface area contributed by atoms with Gasteiger partial charge in [-0.05, 0) is 20.8 Å². The number of carbonyl (C=O) groups is 1. The number of amides is 1. The molecule has 0 saturated heterocycles. The number of nitrogens with one attached hydrogen (secondary N) is 1. The van der Waals surface area contributed by atoms with Gasteiger partial charge in [0, 0.05) is 0 Å². The average molecular weight is 225 g/mol. The average Bonchev–Trinajstić information content (AvgIpc) is 2.20. The molecular weight excluding hydrogens is 210 g/mol. The van der Waals surface area contributed by atoms with Gasteiger partial charge < -0.3 is 9.47 Å². The lowest BCUT2D eigenvalue weighted by Gasteiger charge is -2.08. The molecule has 0 aliphatic heterocycles. The molecule has 88 valence electrons. The van der Waals surface area contributed by atoms with Crippen molar-refractivity contribution in [2.75, 3.05) is 11.9 Å². The van der Waals surface area contributed by atoms with E-state index in [4.69, 9.17) is 9.47 Å². The number of carbonyl (C=O) groups excluding carboxylic acids is 1. The van der Waals surface area contributed by atoms with Crippen molar-refractivity contribution in [3.8, 4) is 5.88 Å². The quantitative estimate of drug-likeness (QED) is 0.846. The molecule has 1 aromatic rings. The minimum atomic E-state index is -0.548. The molecule has 0 radical (unpaired) electrons. The van der Waals surface area contributed by atoms with Crippen LogP contribution in [-0.2, 0) is 4.74 Å². The molecule has 0 unspecified atom stereocenters. The molecule has 0 aliphatic carbocycles. The summed E-state index contributed by atoms with van der Waals surface area (Å²) in [5.74, 6) is 0.749. The smallest absolute Gasteiger partial charge is 0.413 e. The first-order valence-corrected chi connectivity index (χ1v) is 5.04. The van der Waals surface area contributed by atoms with Crippen molar-refractivity contribution in [3.05, 3.63) is 12.4 Å². The van der Waals surface area contributed by atoms with Crippen molar-refractivity contribution in [1.29, 1.82) is 0 Å². The van der Waals surface area contributed by atoms with Crippen LogP contribution in [0.4, 0.5) is 10.6 Å². The highest BCUT2D eigenvalue weighted by Crippen LogP contribution is 2.07. The van der Waals surface area contributed by atoms with Crippen molar-refractivity contribution >= 4 is 11.9 Å². The van der Waals surface area contributed by atoms with E-state index in [1.165, 1.54) is 12.4 Å². The third-order valence-corrected chi connectivity index (χ3v) is 1.49. The molecule has 0 fully saturated rings. The molecule has 16 heavy (non-hydrogen) atoms. The predicted octanol–water partition coefficient (Wildman–Crippen LogP) is 1.83. The molecule has 0 bridgehead atoms. The summed E-state index contributed by atoms with van der Waals surface area (Å²) in [5, 5.41) is 2.45. The van der Waals surface area contributed by atoms with Crippen LogP contribution in [-0.4, -0.2) is 28.8 Å². The van der Waals surface area contributed by atoms with Crippen LogP contribution in [0, 0.1) is 0 Å². The first-order chi connectivity index (χ1) is 7.61. The Morgan fingerprint density at radius 1 is 1.44 bits per heavy atom. The van der Waals surface area contributed by atoms with Crippen molar-refractivity contribution < 1.29 is 14.3 Å². The molecule has 0 spiro atoms. The minimum Gasteiger partial charge on any atom is -0.477 e. The molecule has 1 N–H and O–H groups in total. The highest BCUT2D eigenvalue weighted by molar-refractivity contribution is 5.83. The van der Waals surface area contributed by atoms with Crippen LogP contribution in [0.25, 0.3) is 0 Å². The Morgan fingerprint density at radius 3 is 2.69 bits per heavy atom. The Kier molecular flexibility index (Phi) is 4.50. The highest BCUT2D eigenvalue weighted by Gasteiger charge is 2.06. The Bertz CT molecular complexity index is 338. The Labute approximate surface area is 94.0 Å². The molecule has 0 aliphatic rings. The molecular formula is C10H15N3O3. The normalized spacial score (nSPS) is 10.0. The van der Waals surface area contributed by atoms with E-state index in [1.807, 2.05) is 6.92 Å². The second-order valence-electron chi connectivity index (χ2n) is 3.25. The zero-order chi connectivity index (χ0) is 12.0. The van der Waals surface area contributed by atoms with Gasteiger partial charge in [-0.1, -0.05) is 0 Å². The fourth-order valence-electron chi connectivity index (χ4n) is 0.951. The number of ether oxygens (including phenoxy) is 2. The van der Waals surface area contributed by atoms with Crippen LogP contribution in [0.2, 0.25) is 0 Å². The van der Waals surface area contributed by atoms with E-state index in [2.05, 4.69) is 15.3 Å². The first-order valence-electron chi connectivity index (χ1n) is 5.04. The SMILES string of the molecule is CCOc1cnc(NC(=O)OC(C)C)cn1. The summed E-state index contributed by atoms with van der Waals surface area (Å²) in [7, 11) is 0. The minimum absolute atomic E-state index is 0.171. The fraction of sp³-hybridized carbons (Fsp3) is 0.500. The van der Waals surface area contributed by atoms with Gasteiger partial charge in [0.05, 0.1) is 25.1 Å². The van der Waals surface area contributed by atoms with E-state index in [1.54, 1.807) is 13.8 Å². The predicted molar refractivity (Wildman–Crippen MR) is 58.4 cm³/mol. The second-order valence-corrected chi connectivity index (χ2v) is 3.25. The van der Waals surface area contributed by atoms with E-state index in [0.717, 1.165) is 0 Å². The Hall–Kier alpha value is -1.85. The summed E-state index contributed by atoms with van der Waals surface area (Å²) in [6.07, 6.45) is 2.13. The largest absolute Gasteiger partial charge is 0.477 e. The van der Waals surface area contributed by atoms with Gasteiger partial charge in [-0.2, -0.15) is 0 Å². The number of anilines is 1. The van der Waals surface area contributed by atoms with Gasteiger partial charge in [-0.3, -0.25) is 5.32 Å². The fourth-order valence-corrected chi connectivity index (χ4v) is 0.951. The van der Waals surface area contributed by atoms with E-state index in [0.29, 0.717) is 18.3 Å². The van der Waals surface area contributed by atoms with Crippen molar-refractivity contribution in [2.24, 2.45) is 0 Å².